The van der Waals surface area contributed by atoms with Crippen molar-refractivity contribution >= 4 is 11.6 Å². The lowest BCUT2D eigenvalue weighted by Gasteiger charge is -2.08. The monoisotopic (exact) mass is 222 g/mol. The molecular formula is C12H18N2O2. The minimum Gasteiger partial charge on any atom is -0.506 e. The molecule has 0 aliphatic carbocycles. The van der Waals surface area contributed by atoms with E-state index in [9.17, 15) is 9.90 Å². The Labute approximate surface area is 95.5 Å². The predicted molar refractivity (Wildman–Crippen MR) is 64.3 cm³/mol. The molecule has 0 aromatic heterocycles. The first kappa shape index (κ1) is 12.4. The lowest BCUT2D eigenvalue weighted by atomic mass is 10.1. The van der Waals surface area contributed by atoms with Gasteiger partial charge in [-0.05, 0) is 30.5 Å². The fourth-order valence-corrected chi connectivity index (χ4v) is 1.26. The maximum atomic E-state index is 11.6. The maximum Gasteiger partial charge on any atom is 0.251 e. The zero-order valence-electron chi connectivity index (χ0n) is 9.66. The van der Waals surface area contributed by atoms with E-state index < -0.39 is 0 Å². The van der Waals surface area contributed by atoms with Gasteiger partial charge in [-0.15, -0.1) is 0 Å². The number of amides is 1. The molecule has 0 spiro atoms. The number of carbonyl (C=O) groups is 1. The number of phenolic OH excluding ortho intramolecular Hbond substituents is 1. The van der Waals surface area contributed by atoms with Gasteiger partial charge < -0.3 is 16.2 Å². The summed E-state index contributed by atoms with van der Waals surface area (Å²) in [5.74, 6) is 0.313. The molecule has 4 nitrogen and oxygen atoms in total. The zero-order chi connectivity index (χ0) is 12.1. The lowest BCUT2D eigenvalue weighted by Crippen LogP contribution is -2.25. The molecule has 0 fully saturated rings. The van der Waals surface area contributed by atoms with E-state index in [-0.39, 0.29) is 17.3 Å². The van der Waals surface area contributed by atoms with E-state index in [0.29, 0.717) is 18.0 Å². The molecule has 0 heterocycles. The number of nitrogens with two attached hydrogens (primary N) is 1. The van der Waals surface area contributed by atoms with Gasteiger partial charge in [0.05, 0.1) is 5.69 Å². The maximum absolute atomic E-state index is 11.6. The molecule has 16 heavy (non-hydrogen) atoms. The fraction of sp³-hybridized carbons (Fsp3) is 0.417. The lowest BCUT2D eigenvalue weighted by molar-refractivity contribution is 0.0951. The number of rotatable bonds is 4. The van der Waals surface area contributed by atoms with E-state index in [4.69, 9.17) is 5.73 Å². The minimum atomic E-state index is -0.184. The van der Waals surface area contributed by atoms with Crippen molar-refractivity contribution in [3.8, 4) is 5.75 Å². The summed E-state index contributed by atoms with van der Waals surface area (Å²) in [4.78, 5) is 11.6. The van der Waals surface area contributed by atoms with Gasteiger partial charge in [0.15, 0.2) is 0 Å². The fourth-order valence-electron chi connectivity index (χ4n) is 1.26. The minimum absolute atomic E-state index is 0.0588. The molecule has 4 N–H and O–H groups in total. The van der Waals surface area contributed by atoms with Gasteiger partial charge in [-0.25, -0.2) is 0 Å². The van der Waals surface area contributed by atoms with Crippen molar-refractivity contribution in [3.05, 3.63) is 23.8 Å². The Bertz CT molecular complexity index is 375. The molecule has 88 valence electrons. The Morgan fingerprint density at radius 1 is 1.50 bits per heavy atom. The SMILES string of the molecule is CC(C)CCNC(=O)c1ccc(N)c(O)c1. The van der Waals surface area contributed by atoms with Crippen LogP contribution in [-0.2, 0) is 0 Å². The molecule has 1 aromatic rings. The first-order valence-corrected chi connectivity index (χ1v) is 5.37. The summed E-state index contributed by atoms with van der Waals surface area (Å²) in [5, 5.41) is 12.1. The van der Waals surface area contributed by atoms with E-state index in [0.717, 1.165) is 6.42 Å². The van der Waals surface area contributed by atoms with Crippen LogP contribution < -0.4 is 11.1 Å². The largest absolute Gasteiger partial charge is 0.506 e. The van der Waals surface area contributed by atoms with Crippen molar-refractivity contribution in [1.82, 2.24) is 5.32 Å². The number of anilines is 1. The molecule has 0 atom stereocenters. The van der Waals surface area contributed by atoms with E-state index in [1.165, 1.54) is 12.1 Å². The molecule has 1 aromatic carbocycles. The van der Waals surface area contributed by atoms with Crippen LogP contribution in [0.5, 0.6) is 5.75 Å². The quantitative estimate of drug-likeness (QED) is 0.536. The van der Waals surface area contributed by atoms with E-state index in [1.807, 2.05) is 0 Å². The van der Waals surface area contributed by atoms with Crippen LogP contribution in [0, 0.1) is 5.92 Å². The highest BCUT2D eigenvalue weighted by molar-refractivity contribution is 5.95. The molecule has 0 radical (unpaired) electrons. The van der Waals surface area contributed by atoms with Crippen LogP contribution in [0.3, 0.4) is 0 Å². The molecule has 0 aliphatic rings. The van der Waals surface area contributed by atoms with Gasteiger partial charge in [-0.3, -0.25) is 4.79 Å². The highest BCUT2D eigenvalue weighted by atomic mass is 16.3. The predicted octanol–water partition coefficient (Wildman–Crippen LogP) is 1.75. The summed E-state index contributed by atoms with van der Waals surface area (Å²) < 4.78 is 0. The van der Waals surface area contributed by atoms with E-state index in [1.54, 1.807) is 6.07 Å². The molecular weight excluding hydrogens is 204 g/mol. The van der Waals surface area contributed by atoms with Gasteiger partial charge in [0.1, 0.15) is 5.75 Å². The summed E-state index contributed by atoms with van der Waals surface area (Å²) in [5.41, 5.74) is 6.15. The molecule has 0 aliphatic heterocycles. The molecule has 0 bridgehead atoms. The summed E-state index contributed by atoms with van der Waals surface area (Å²) in [6.07, 6.45) is 0.937. The topological polar surface area (TPSA) is 75.4 Å². The Morgan fingerprint density at radius 2 is 2.19 bits per heavy atom. The molecule has 0 saturated carbocycles. The van der Waals surface area contributed by atoms with Crippen molar-refractivity contribution in [2.75, 3.05) is 12.3 Å². The second kappa shape index (κ2) is 5.39. The van der Waals surface area contributed by atoms with Crippen LogP contribution in [0.25, 0.3) is 0 Å². The average Bonchev–Trinajstić information content (AvgIpc) is 2.21. The van der Waals surface area contributed by atoms with Crippen molar-refractivity contribution in [1.29, 1.82) is 0 Å². The summed E-state index contributed by atoms with van der Waals surface area (Å²) in [6.45, 7) is 4.84. The molecule has 0 unspecified atom stereocenters. The third-order valence-corrected chi connectivity index (χ3v) is 2.30. The number of nitrogen functional groups attached to an aromatic ring is 1. The van der Waals surface area contributed by atoms with Crippen LogP contribution in [0.2, 0.25) is 0 Å². The standard InChI is InChI=1S/C12H18N2O2/c1-8(2)5-6-14-12(16)9-3-4-10(13)11(15)7-9/h3-4,7-8,15H,5-6,13H2,1-2H3,(H,14,16). The highest BCUT2D eigenvalue weighted by Crippen LogP contribution is 2.20. The third kappa shape index (κ3) is 3.46. The van der Waals surface area contributed by atoms with Gasteiger partial charge >= 0.3 is 0 Å². The van der Waals surface area contributed by atoms with Crippen LogP contribution in [-0.4, -0.2) is 17.6 Å². The summed E-state index contributed by atoms with van der Waals surface area (Å²) >= 11 is 0. The van der Waals surface area contributed by atoms with Gasteiger partial charge in [-0.1, -0.05) is 13.8 Å². The number of carbonyl (C=O) groups excluding carboxylic acids is 1. The Hall–Kier alpha value is -1.71. The van der Waals surface area contributed by atoms with Crippen LogP contribution in [0.1, 0.15) is 30.6 Å². The van der Waals surface area contributed by atoms with Crippen molar-refractivity contribution in [2.24, 2.45) is 5.92 Å². The second-order valence-electron chi connectivity index (χ2n) is 4.21. The zero-order valence-corrected chi connectivity index (χ0v) is 9.66. The van der Waals surface area contributed by atoms with E-state index in [2.05, 4.69) is 19.2 Å². The number of hydrogen-bond donors (Lipinski definition) is 3. The van der Waals surface area contributed by atoms with Gasteiger partial charge in [0.2, 0.25) is 0 Å². The molecule has 1 rings (SSSR count). The molecule has 4 heteroatoms. The Morgan fingerprint density at radius 3 is 2.75 bits per heavy atom. The first-order valence-electron chi connectivity index (χ1n) is 5.37. The van der Waals surface area contributed by atoms with Gasteiger partial charge in [0, 0.05) is 12.1 Å². The summed E-state index contributed by atoms with van der Waals surface area (Å²) in [6, 6.07) is 4.49. The van der Waals surface area contributed by atoms with Crippen molar-refractivity contribution in [2.45, 2.75) is 20.3 Å². The van der Waals surface area contributed by atoms with Crippen LogP contribution in [0.4, 0.5) is 5.69 Å². The number of nitrogens with one attached hydrogen (secondary N) is 1. The number of phenols is 1. The number of benzene rings is 1. The smallest absolute Gasteiger partial charge is 0.251 e. The summed E-state index contributed by atoms with van der Waals surface area (Å²) in [7, 11) is 0. The van der Waals surface area contributed by atoms with Crippen molar-refractivity contribution < 1.29 is 9.90 Å². The highest BCUT2D eigenvalue weighted by Gasteiger charge is 2.07. The van der Waals surface area contributed by atoms with Crippen molar-refractivity contribution in [3.63, 3.8) is 0 Å². The normalized spacial score (nSPS) is 10.4. The third-order valence-electron chi connectivity index (χ3n) is 2.30. The number of aromatic hydroxyl groups is 1. The molecule has 0 saturated heterocycles. The average molecular weight is 222 g/mol. The molecule has 1 amide bonds. The Balaban J connectivity index is 2.56. The van der Waals surface area contributed by atoms with Crippen LogP contribution in [0.15, 0.2) is 18.2 Å². The Kier molecular flexibility index (Phi) is 4.17. The van der Waals surface area contributed by atoms with Crippen LogP contribution >= 0.6 is 0 Å². The van der Waals surface area contributed by atoms with E-state index >= 15 is 0 Å². The van der Waals surface area contributed by atoms with Gasteiger partial charge in [-0.2, -0.15) is 0 Å². The second-order valence-corrected chi connectivity index (χ2v) is 4.21. The number of hydrogen-bond acceptors (Lipinski definition) is 3. The van der Waals surface area contributed by atoms with Gasteiger partial charge in [0.25, 0.3) is 5.91 Å². The first-order chi connectivity index (χ1) is 7.50.